The fourth-order valence-corrected chi connectivity index (χ4v) is 3.60. The van der Waals surface area contributed by atoms with Gasteiger partial charge >= 0.3 is 12.2 Å². The van der Waals surface area contributed by atoms with Crippen molar-refractivity contribution in [1.82, 2.24) is 19.6 Å². The van der Waals surface area contributed by atoms with Crippen LogP contribution >= 0.6 is 45.8 Å². The van der Waals surface area contributed by atoms with Crippen LogP contribution in [0, 0.1) is 3.57 Å². The van der Waals surface area contributed by atoms with Gasteiger partial charge in [0.2, 0.25) is 0 Å². The third-order valence-corrected chi connectivity index (χ3v) is 7.13. The Morgan fingerprint density at radius 1 is 0.744 bits per heavy atom. The Morgan fingerprint density at radius 3 is 1.64 bits per heavy atom. The van der Waals surface area contributed by atoms with Crippen molar-refractivity contribution >= 4 is 58.0 Å². The molecule has 11 heteroatoms. The van der Waals surface area contributed by atoms with Gasteiger partial charge in [-0.2, -0.15) is 0 Å². The highest BCUT2D eigenvalue weighted by atomic mass is 127. The van der Waals surface area contributed by atoms with Gasteiger partial charge in [-0.15, -0.1) is 0 Å². The van der Waals surface area contributed by atoms with E-state index in [0.29, 0.717) is 47.7 Å². The number of carbonyl (C=O) groups excluding carboxylic acids is 2. The number of likely N-dealkylation sites (N-methyl/N-ethyl adjacent to an activating group) is 2. The van der Waals surface area contributed by atoms with E-state index in [0.717, 1.165) is 16.7 Å². The minimum atomic E-state index is -0.345. The largest absolute Gasteiger partial charge is 0.415 e. The summed E-state index contributed by atoms with van der Waals surface area (Å²) in [6, 6.07) is 12.0. The zero-order valence-corrected chi connectivity index (χ0v) is 28.0. The summed E-state index contributed by atoms with van der Waals surface area (Å²) in [5.74, 6) is 0.976. The zero-order valence-electron chi connectivity index (χ0n) is 24.3. The second-order valence-corrected chi connectivity index (χ2v) is 10.6. The van der Waals surface area contributed by atoms with Crippen LogP contribution in [0.1, 0.15) is 27.7 Å². The number of nitrogens with zero attached hydrogens (tertiary/aromatic N) is 4. The molecule has 0 heterocycles. The predicted octanol–water partition coefficient (Wildman–Crippen LogP) is 7.08. The smallest absolute Gasteiger partial charge is 0.410 e. The number of amides is 2. The molecule has 2 aromatic rings. The van der Waals surface area contributed by atoms with Gasteiger partial charge in [0.05, 0.1) is 8.59 Å². The fourth-order valence-electron chi connectivity index (χ4n) is 2.78. The SMILES string of the molecule is CCN(CC)C(=O)Oc1cccc(Cl)c1.CCN(CC)C(=O)Oc1cccc(Cl)c1I.CN(C)CCN(C)C. The maximum atomic E-state index is 11.7. The van der Waals surface area contributed by atoms with Gasteiger partial charge in [-0.3, -0.25) is 0 Å². The molecule has 0 aromatic heterocycles. The third-order valence-electron chi connectivity index (χ3n) is 5.15. The maximum Gasteiger partial charge on any atom is 0.415 e. The van der Waals surface area contributed by atoms with Crippen molar-refractivity contribution in [1.29, 1.82) is 0 Å². The van der Waals surface area contributed by atoms with E-state index in [4.69, 9.17) is 32.7 Å². The summed E-state index contributed by atoms with van der Waals surface area (Å²) in [5, 5.41) is 1.14. The topological polar surface area (TPSA) is 65.6 Å². The Balaban J connectivity index is 0.000000588. The minimum absolute atomic E-state index is 0.342. The predicted molar refractivity (Wildman–Crippen MR) is 171 cm³/mol. The van der Waals surface area contributed by atoms with Crippen LogP contribution in [0.5, 0.6) is 11.5 Å². The van der Waals surface area contributed by atoms with E-state index in [2.05, 4.69) is 60.6 Å². The van der Waals surface area contributed by atoms with Crippen LogP contribution in [0.15, 0.2) is 42.5 Å². The number of rotatable bonds is 9. The first-order valence-corrected chi connectivity index (χ1v) is 14.7. The number of hydrogen-bond donors (Lipinski definition) is 0. The van der Waals surface area contributed by atoms with Crippen LogP contribution in [0.25, 0.3) is 0 Å². The molecule has 39 heavy (non-hydrogen) atoms. The molecule has 0 saturated carbocycles. The Hall–Kier alpha value is -1.79. The molecule has 220 valence electrons. The average Bonchev–Trinajstić information content (AvgIpc) is 2.88. The molecule has 8 nitrogen and oxygen atoms in total. The van der Waals surface area contributed by atoms with Crippen LogP contribution in [0.4, 0.5) is 9.59 Å². The summed E-state index contributed by atoms with van der Waals surface area (Å²) in [4.78, 5) is 30.8. The zero-order chi connectivity index (χ0) is 30.0. The first-order chi connectivity index (χ1) is 18.4. The van der Waals surface area contributed by atoms with Gasteiger partial charge in [0.15, 0.2) is 0 Å². The van der Waals surface area contributed by atoms with Gasteiger partial charge in [0.25, 0.3) is 0 Å². The van der Waals surface area contributed by atoms with Gasteiger partial charge in [-0.25, -0.2) is 9.59 Å². The van der Waals surface area contributed by atoms with Crippen LogP contribution < -0.4 is 9.47 Å². The van der Waals surface area contributed by atoms with E-state index < -0.39 is 0 Å². The number of benzene rings is 2. The van der Waals surface area contributed by atoms with Gasteiger partial charge in [0, 0.05) is 44.3 Å². The first-order valence-electron chi connectivity index (χ1n) is 12.8. The van der Waals surface area contributed by atoms with Crippen molar-refractivity contribution in [2.75, 3.05) is 67.5 Å². The average molecular weight is 697 g/mol. The fraction of sp³-hybridized carbons (Fsp3) is 0.500. The van der Waals surface area contributed by atoms with Gasteiger partial charge in [0.1, 0.15) is 11.5 Å². The van der Waals surface area contributed by atoms with E-state index in [-0.39, 0.29) is 12.2 Å². The molecular weight excluding hydrogens is 654 g/mol. The Labute approximate surface area is 258 Å². The highest BCUT2D eigenvalue weighted by molar-refractivity contribution is 14.1. The Morgan fingerprint density at radius 2 is 1.21 bits per heavy atom. The molecule has 0 aliphatic heterocycles. The standard InChI is InChI=1S/C11H13ClINO2.C11H14ClNO2.C6H16N2/c1-3-14(4-2)11(15)16-9-7-5-6-8(12)10(9)13;1-3-13(4-2)11(14)15-10-7-5-6-9(12)8-10;1-7(2)5-6-8(3)4/h5-7H,3-4H2,1-2H3;5-8H,3-4H2,1-2H3;5-6H2,1-4H3. The lowest BCUT2D eigenvalue weighted by Gasteiger charge is -2.18. The molecule has 0 aliphatic carbocycles. The molecule has 0 atom stereocenters. The second-order valence-electron chi connectivity index (χ2n) is 8.70. The third kappa shape index (κ3) is 16.2. The monoisotopic (exact) mass is 696 g/mol. The van der Waals surface area contributed by atoms with E-state index in [1.807, 2.05) is 27.7 Å². The van der Waals surface area contributed by atoms with Crippen molar-refractivity contribution in [3.05, 3.63) is 56.1 Å². The van der Waals surface area contributed by atoms with Gasteiger partial charge < -0.3 is 29.1 Å². The molecule has 2 amide bonds. The normalized spacial score (nSPS) is 10.2. The van der Waals surface area contributed by atoms with Crippen LogP contribution in [0.2, 0.25) is 10.0 Å². The van der Waals surface area contributed by atoms with Crippen molar-refractivity contribution in [2.24, 2.45) is 0 Å². The van der Waals surface area contributed by atoms with Crippen LogP contribution in [-0.2, 0) is 0 Å². The van der Waals surface area contributed by atoms with Gasteiger partial charge in [-0.05, 0) is 109 Å². The van der Waals surface area contributed by atoms with Crippen molar-refractivity contribution < 1.29 is 19.1 Å². The lowest BCUT2D eigenvalue weighted by Crippen LogP contribution is -2.33. The lowest BCUT2D eigenvalue weighted by atomic mass is 10.3. The van der Waals surface area contributed by atoms with Crippen LogP contribution in [0.3, 0.4) is 0 Å². The molecule has 0 N–H and O–H groups in total. The summed E-state index contributed by atoms with van der Waals surface area (Å²) < 4.78 is 11.2. The number of carbonyl (C=O) groups is 2. The Kier molecular flexibility index (Phi) is 20.1. The van der Waals surface area contributed by atoms with E-state index in [9.17, 15) is 9.59 Å². The molecule has 0 radical (unpaired) electrons. The van der Waals surface area contributed by atoms with E-state index >= 15 is 0 Å². The molecule has 0 saturated heterocycles. The summed E-state index contributed by atoms with van der Waals surface area (Å²) in [6.45, 7) is 12.5. The molecular formula is C28H43Cl2IN4O4. The molecule has 0 aliphatic rings. The highest BCUT2D eigenvalue weighted by Gasteiger charge is 2.14. The second kappa shape index (κ2) is 21.0. The minimum Gasteiger partial charge on any atom is -0.410 e. The van der Waals surface area contributed by atoms with Crippen molar-refractivity contribution in [3.8, 4) is 11.5 Å². The molecule has 0 unspecified atom stereocenters. The summed E-state index contributed by atoms with van der Waals surface area (Å²) in [5.41, 5.74) is 0. The van der Waals surface area contributed by atoms with Crippen molar-refractivity contribution in [2.45, 2.75) is 27.7 Å². The lowest BCUT2D eigenvalue weighted by molar-refractivity contribution is 0.156. The summed E-state index contributed by atoms with van der Waals surface area (Å²) >= 11 is 13.8. The maximum absolute atomic E-state index is 11.7. The highest BCUT2D eigenvalue weighted by Crippen LogP contribution is 2.28. The molecule has 2 aromatic carbocycles. The first kappa shape index (κ1) is 37.2. The number of hydrogen-bond acceptors (Lipinski definition) is 6. The van der Waals surface area contributed by atoms with E-state index in [1.54, 1.807) is 52.3 Å². The van der Waals surface area contributed by atoms with E-state index in [1.165, 1.54) is 0 Å². The molecule has 0 spiro atoms. The molecule has 0 fully saturated rings. The van der Waals surface area contributed by atoms with Crippen molar-refractivity contribution in [3.63, 3.8) is 0 Å². The number of halogens is 3. The molecule has 2 rings (SSSR count). The summed E-state index contributed by atoms with van der Waals surface area (Å²) in [7, 11) is 8.35. The molecule has 0 bridgehead atoms. The number of ether oxygens (including phenoxy) is 2. The van der Waals surface area contributed by atoms with Crippen LogP contribution in [-0.4, -0.2) is 99.2 Å². The Bertz CT molecular complexity index is 980. The summed E-state index contributed by atoms with van der Waals surface area (Å²) in [6.07, 6.45) is -0.688. The van der Waals surface area contributed by atoms with Gasteiger partial charge in [-0.1, -0.05) is 35.3 Å². The quantitative estimate of drug-likeness (QED) is 0.261.